The van der Waals surface area contributed by atoms with Crippen molar-refractivity contribution in [1.29, 1.82) is 0 Å². The smallest absolute Gasteiger partial charge is 0.267 e. The molecule has 0 saturated carbocycles. The molecule has 0 bridgehead atoms. The monoisotopic (exact) mass is 784 g/mol. The van der Waals surface area contributed by atoms with Crippen molar-refractivity contribution in [3.8, 4) is 0 Å². The third kappa shape index (κ3) is 42.2. The Bertz CT molecular complexity index is 1220. The second-order valence-corrected chi connectivity index (χ2v) is 16.1. The number of hydrogen-bond donors (Lipinski definition) is 3. The average molecular weight is 784 g/mol. The molecule has 0 aliphatic carbocycles. The highest BCUT2D eigenvalue weighted by molar-refractivity contribution is 7.85. The zero-order valence-corrected chi connectivity index (χ0v) is 35.8. The highest BCUT2D eigenvalue weighted by Gasteiger charge is 2.24. The number of aliphatic hydroxyl groups is 1. The van der Waals surface area contributed by atoms with Crippen LogP contribution in [0.25, 0.3) is 0 Å². The first kappa shape index (κ1) is 52.3. The van der Waals surface area contributed by atoms with Crippen molar-refractivity contribution in [3.63, 3.8) is 0 Å². The normalized spacial score (nSPS) is 14.2. The first-order chi connectivity index (χ1) is 26.8. The first-order valence-electron chi connectivity index (χ1n) is 21.9. The summed E-state index contributed by atoms with van der Waals surface area (Å²) in [5, 5.41) is 13.2. The maximum absolute atomic E-state index is 12.5. The Balaban J connectivity index is 4.00. The number of carbonyl (C=O) groups is 1. The average Bonchev–Trinajstić information content (AvgIpc) is 3.15. The summed E-state index contributed by atoms with van der Waals surface area (Å²) in [4.78, 5) is 12.5. The molecule has 0 radical (unpaired) electrons. The SMILES string of the molecule is CC/C=C\C/C=C\C/C=C\C/C=C\C/C=C\CCCCCCCCCC(=O)NC(CS(=O)(=O)O)C(O)/C=C/CC/C=C/CC/C=C/CCCCCCCCC. The van der Waals surface area contributed by atoms with Gasteiger partial charge in [-0.1, -0.05) is 182 Å². The lowest BCUT2D eigenvalue weighted by molar-refractivity contribution is -0.122. The van der Waals surface area contributed by atoms with E-state index in [1.165, 1.54) is 70.3 Å². The molecule has 7 heteroatoms. The molecule has 2 unspecified atom stereocenters. The van der Waals surface area contributed by atoms with Crippen molar-refractivity contribution in [2.75, 3.05) is 5.75 Å². The minimum absolute atomic E-state index is 0.265. The molecule has 55 heavy (non-hydrogen) atoms. The number of allylic oxidation sites excluding steroid dienone is 15. The third-order valence-corrected chi connectivity index (χ3v) is 10.0. The predicted molar refractivity (Wildman–Crippen MR) is 239 cm³/mol. The van der Waals surface area contributed by atoms with Crippen LogP contribution in [0.1, 0.15) is 181 Å². The molecule has 2 atom stereocenters. The third-order valence-electron chi connectivity index (χ3n) is 9.22. The van der Waals surface area contributed by atoms with E-state index in [0.29, 0.717) is 12.8 Å². The van der Waals surface area contributed by atoms with Gasteiger partial charge in [0.2, 0.25) is 5.91 Å². The Kier molecular flexibility index (Phi) is 38.9. The molecule has 0 aromatic heterocycles. The fourth-order valence-electron chi connectivity index (χ4n) is 5.98. The molecule has 0 saturated heterocycles. The van der Waals surface area contributed by atoms with Gasteiger partial charge in [-0.3, -0.25) is 9.35 Å². The number of carbonyl (C=O) groups excluding carboxylic acids is 1. The molecule has 0 rings (SSSR count). The van der Waals surface area contributed by atoms with Gasteiger partial charge in [-0.2, -0.15) is 8.42 Å². The molecule has 0 aromatic rings. The van der Waals surface area contributed by atoms with E-state index < -0.39 is 28.0 Å². The van der Waals surface area contributed by atoms with Crippen molar-refractivity contribution >= 4 is 16.0 Å². The van der Waals surface area contributed by atoms with Crippen LogP contribution in [0.3, 0.4) is 0 Å². The van der Waals surface area contributed by atoms with Crippen LogP contribution in [0.15, 0.2) is 97.2 Å². The molecule has 0 aliphatic heterocycles. The minimum Gasteiger partial charge on any atom is -0.387 e. The molecule has 0 spiro atoms. The summed E-state index contributed by atoms with van der Waals surface area (Å²) in [6.45, 7) is 4.40. The largest absolute Gasteiger partial charge is 0.387 e. The minimum atomic E-state index is -4.37. The van der Waals surface area contributed by atoms with E-state index in [1.54, 1.807) is 6.08 Å². The quantitative estimate of drug-likeness (QED) is 0.0329. The van der Waals surface area contributed by atoms with Gasteiger partial charge in [-0.05, 0) is 89.9 Å². The topological polar surface area (TPSA) is 104 Å². The number of amides is 1. The fraction of sp³-hybridized carbons (Fsp3) is 0.646. The van der Waals surface area contributed by atoms with Gasteiger partial charge >= 0.3 is 0 Å². The fourth-order valence-corrected chi connectivity index (χ4v) is 6.71. The maximum Gasteiger partial charge on any atom is 0.267 e. The van der Waals surface area contributed by atoms with E-state index in [0.717, 1.165) is 83.5 Å². The Morgan fingerprint density at radius 2 is 0.891 bits per heavy atom. The standard InChI is InChI=1S/C48H81NO5S/c1-3-5-7-9-11-13-15-17-19-21-22-23-24-25-26-28-30-32-34-36-38-40-42-44-48(51)49-46(45-55(52,53)54)47(50)43-41-39-37-35-33-31-29-27-20-18-16-14-12-10-8-6-4-2/h5,7,11,13,17,19-20,22-23,25-27,33,35,41,43,46-47,50H,3-4,6,8-10,12,14-16,18,21,24,28-32,34,36-40,42,44-45H2,1-2H3,(H,49,51)(H,52,53,54)/b7-5-,13-11-,19-17-,23-22-,26-25-,27-20+,35-33+,43-41+. The molecule has 1 amide bonds. The second-order valence-electron chi connectivity index (χ2n) is 14.6. The maximum atomic E-state index is 12.5. The van der Waals surface area contributed by atoms with Gasteiger partial charge in [0, 0.05) is 6.42 Å². The molecule has 3 N–H and O–H groups in total. The number of unbranched alkanes of at least 4 members (excludes halogenated alkanes) is 16. The van der Waals surface area contributed by atoms with E-state index >= 15 is 0 Å². The van der Waals surface area contributed by atoms with Crippen LogP contribution in [-0.2, 0) is 14.9 Å². The van der Waals surface area contributed by atoms with Crippen LogP contribution in [0.2, 0.25) is 0 Å². The Labute approximate surface area is 339 Å². The van der Waals surface area contributed by atoms with Crippen molar-refractivity contribution < 1.29 is 22.9 Å². The van der Waals surface area contributed by atoms with Gasteiger partial charge in [0.1, 0.15) is 0 Å². The summed E-state index contributed by atoms with van der Waals surface area (Å²) in [5.74, 6) is -1.03. The van der Waals surface area contributed by atoms with Gasteiger partial charge < -0.3 is 10.4 Å². The summed E-state index contributed by atoms with van der Waals surface area (Å²) in [7, 11) is -4.37. The van der Waals surface area contributed by atoms with E-state index in [-0.39, 0.29) is 12.3 Å². The zero-order chi connectivity index (χ0) is 40.3. The van der Waals surface area contributed by atoms with Crippen LogP contribution >= 0.6 is 0 Å². The van der Waals surface area contributed by atoms with Gasteiger partial charge in [0.05, 0.1) is 17.9 Å². The van der Waals surface area contributed by atoms with E-state index in [1.807, 2.05) is 0 Å². The number of nitrogens with one attached hydrogen (secondary N) is 1. The van der Waals surface area contributed by atoms with Crippen LogP contribution in [-0.4, -0.2) is 41.9 Å². The van der Waals surface area contributed by atoms with Crippen LogP contribution in [0.4, 0.5) is 0 Å². The Morgan fingerprint density at radius 1 is 0.509 bits per heavy atom. The number of hydrogen-bond acceptors (Lipinski definition) is 4. The first-order valence-corrected chi connectivity index (χ1v) is 23.5. The highest BCUT2D eigenvalue weighted by atomic mass is 32.2. The Morgan fingerprint density at radius 3 is 1.36 bits per heavy atom. The molecule has 0 aromatic carbocycles. The molecule has 6 nitrogen and oxygen atoms in total. The van der Waals surface area contributed by atoms with E-state index in [9.17, 15) is 22.9 Å². The lowest BCUT2D eigenvalue weighted by Gasteiger charge is -2.21. The van der Waals surface area contributed by atoms with E-state index in [2.05, 4.69) is 104 Å². The lowest BCUT2D eigenvalue weighted by Crippen LogP contribution is -2.46. The van der Waals surface area contributed by atoms with Crippen LogP contribution in [0.5, 0.6) is 0 Å². The molecular weight excluding hydrogens is 703 g/mol. The molecule has 0 fully saturated rings. The molecule has 0 aliphatic rings. The van der Waals surface area contributed by atoms with Gasteiger partial charge in [0.25, 0.3) is 10.1 Å². The number of rotatable bonds is 38. The van der Waals surface area contributed by atoms with Gasteiger partial charge in [-0.25, -0.2) is 0 Å². The summed E-state index contributed by atoms with van der Waals surface area (Å²) in [5.41, 5.74) is 0. The summed E-state index contributed by atoms with van der Waals surface area (Å²) in [6, 6.07) is -1.09. The van der Waals surface area contributed by atoms with E-state index in [4.69, 9.17) is 0 Å². The number of aliphatic hydroxyl groups excluding tert-OH is 1. The molecular formula is C48H81NO5S. The summed E-state index contributed by atoms with van der Waals surface area (Å²) >= 11 is 0. The van der Waals surface area contributed by atoms with Gasteiger partial charge in [-0.15, -0.1) is 0 Å². The lowest BCUT2D eigenvalue weighted by atomic mass is 10.1. The highest BCUT2D eigenvalue weighted by Crippen LogP contribution is 2.12. The summed E-state index contributed by atoms with van der Waals surface area (Å²) < 4.78 is 32.5. The summed E-state index contributed by atoms with van der Waals surface area (Å²) in [6.07, 6.45) is 61.0. The zero-order valence-electron chi connectivity index (χ0n) is 35.0. The van der Waals surface area contributed by atoms with Crippen LogP contribution < -0.4 is 5.32 Å². The van der Waals surface area contributed by atoms with Crippen molar-refractivity contribution in [3.05, 3.63) is 97.2 Å². The van der Waals surface area contributed by atoms with Crippen molar-refractivity contribution in [1.82, 2.24) is 5.32 Å². The van der Waals surface area contributed by atoms with Crippen molar-refractivity contribution in [2.24, 2.45) is 0 Å². The van der Waals surface area contributed by atoms with Gasteiger partial charge in [0.15, 0.2) is 0 Å². The van der Waals surface area contributed by atoms with Crippen LogP contribution in [0, 0.1) is 0 Å². The molecule has 314 valence electrons. The predicted octanol–water partition coefficient (Wildman–Crippen LogP) is 13.4. The Hall–Kier alpha value is -2.74. The van der Waals surface area contributed by atoms with Crippen molar-refractivity contribution in [2.45, 2.75) is 193 Å². The second kappa shape index (κ2) is 40.9. The molecule has 0 heterocycles.